The average molecular weight is 270 g/mol. The molecule has 96 valence electrons. The highest BCUT2D eigenvalue weighted by atomic mass is 32.1. The molecule has 0 amide bonds. The summed E-state index contributed by atoms with van der Waals surface area (Å²) in [6.45, 7) is 2.67. The Morgan fingerprint density at radius 1 is 1.47 bits per heavy atom. The van der Waals surface area contributed by atoms with E-state index in [0.717, 1.165) is 30.7 Å². The van der Waals surface area contributed by atoms with E-state index in [4.69, 9.17) is 0 Å². The smallest absolute Gasteiger partial charge is 0.144 e. The first-order valence-corrected chi connectivity index (χ1v) is 7.21. The summed E-state index contributed by atoms with van der Waals surface area (Å²) in [5, 5.41) is 12.5. The minimum absolute atomic E-state index is 0.641. The number of pyridine rings is 1. The number of thiazole rings is 1. The van der Waals surface area contributed by atoms with Crippen LogP contribution in [0.1, 0.15) is 33.8 Å². The zero-order valence-corrected chi connectivity index (χ0v) is 11.5. The van der Waals surface area contributed by atoms with Crippen LogP contribution in [0.5, 0.6) is 0 Å². The molecule has 0 radical (unpaired) electrons. The minimum Gasteiger partial charge on any atom is -0.364 e. The van der Waals surface area contributed by atoms with E-state index in [-0.39, 0.29) is 0 Å². The number of aromatic nitrogens is 2. The van der Waals surface area contributed by atoms with E-state index in [0.29, 0.717) is 17.9 Å². The number of fused-ring (bicyclic) bond motifs is 1. The Labute approximate surface area is 116 Å². The summed E-state index contributed by atoms with van der Waals surface area (Å²) in [6, 6.07) is 4.22. The number of hydrogen-bond acceptors (Lipinski definition) is 5. The number of anilines is 1. The maximum Gasteiger partial charge on any atom is 0.144 e. The molecule has 0 bridgehead atoms. The van der Waals surface area contributed by atoms with Crippen molar-refractivity contribution in [2.24, 2.45) is 0 Å². The summed E-state index contributed by atoms with van der Waals surface area (Å²) >= 11 is 1.62. The fourth-order valence-electron chi connectivity index (χ4n) is 2.35. The fourth-order valence-corrected chi connectivity index (χ4v) is 3.07. The first-order valence-electron chi connectivity index (χ1n) is 6.33. The van der Waals surface area contributed by atoms with E-state index < -0.39 is 0 Å². The van der Waals surface area contributed by atoms with Crippen molar-refractivity contribution in [3.8, 4) is 6.07 Å². The second-order valence-corrected chi connectivity index (χ2v) is 5.61. The van der Waals surface area contributed by atoms with E-state index in [1.165, 1.54) is 10.4 Å². The molecule has 0 aromatic carbocycles. The van der Waals surface area contributed by atoms with Gasteiger partial charge >= 0.3 is 0 Å². The summed E-state index contributed by atoms with van der Waals surface area (Å²) in [7, 11) is 0. The van der Waals surface area contributed by atoms with Crippen LogP contribution in [0.4, 0.5) is 5.82 Å². The molecule has 0 atom stereocenters. The van der Waals surface area contributed by atoms with Gasteiger partial charge in [0.2, 0.25) is 0 Å². The van der Waals surface area contributed by atoms with Crippen LogP contribution in [0.3, 0.4) is 0 Å². The Morgan fingerprint density at radius 2 is 2.37 bits per heavy atom. The second kappa shape index (κ2) is 4.98. The molecule has 0 fully saturated rings. The predicted molar refractivity (Wildman–Crippen MR) is 75.2 cm³/mol. The number of nitrogens with zero attached hydrogens (tertiary/aromatic N) is 3. The zero-order valence-electron chi connectivity index (χ0n) is 10.7. The van der Waals surface area contributed by atoms with Crippen molar-refractivity contribution in [1.29, 1.82) is 5.26 Å². The third-order valence-corrected chi connectivity index (χ3v) is 4.37. The van der Waals surface area contributed by atoms with Gasteiger partial charge in [-0.3, -0.25) is 0 Å². The van der Waals surface area contributed by atoms with Crippen molar-refractivity contribution in [3.05, 3.63) is 39.0 Å². The van der Waals surface area contributed by atoms with Gasteiger partial charge in [0.25, 0.3) is 0 Å². The van der Waals surface area contributed by atoms with Crippen LogP contribution in [-0.2, 0) is 19.4 Å². The van der Waals surface area contributed by atoms with Gasteiger partial charge in [0.1, 0.15) is 11.9 Å². The summed E-state index contributed by atoms with van der Waals surface area (Å²) in [6.07, 6.45) is 3.21. The third kappa shape index (κ3) is 2.32. The monoisotopic (exact) mass is 270 g/mol. The lowest BCUT2D eigenvalue weighted by Crippen LogP contribution is -2.05. The van der Waals surface area contributed by atoms with E-state index >= 15 is 0 Å². The molecule has 4 nitrogen and oxygen atoms in total. The van der Waals surface area contributed by atoms with Crippen LogP contribution in [-0.4, -0.2) is 9.97 Å². The maximum atomic E-state index is 9.22. The van der Waals surface area contributed by atoms with Crippen molar-refractivity contribution in [3.63, 3.8) is 0 Å². The summed E-state index contributed by atoms with van der Waals surface area (Å²) in [5.41, 5.74) is 5.90. The highest BCUT2D eigenvalue weighted by molar-refractivity contribution is 7.09. The Bertz CT molecular complexity index is 654. The molecular formula is C14H14N4S. The van der Waals surface area contributed by atoms with E-state index in [9.17, 15) is 5.26 Å². The molecule has 2 heterocycles. The molecule has 0 saturated heterocycles. The van der Waals surface area contributed by atoms with Gasteiger partial charge in [0.15, 0.2) is 0 Å². The largest absolute Gasteiger partial charge is 0.364 e. The van der Waals surface area contributed by atoms with E-state index in [2.05, 4.69) is 21.4 Å². The van der Waals surface area contributed by atoms with Crippen molar-refractivity contribution in [2.75, 3.05) is 5.32 Å². The van der Waals surface area contributed by atoms with Crippen molar-refractivity contribution >= 4 is 17.2 Å². The van der Waals surface area contributed by atoms with Crippen molar-refractivity contribution in [1.82, 2.24) is 9.97 Å². The summed E-state index contributed by atoms with van der Waals surface area (Å²) in [5.74, 6) is 0.705. The van der Waals surface area contributed by atoms with Crippen molar-refractivity contribution in [2.45, 2.75) is 32.7 Å². The third-order valence-electron chi connectivity index (χ3n) is 3.43. The lowest BCUT2D eigenvalue weighted by molar-refractivity contribution is 0.899. The highest BCUT2D eigenvalue weighted by Crippen LogP contribution is 2.25. The number of aryl methyl sites for hydroxylation is 3. The van der Waals surface area contributed by atoms with Gasteiger partial charge in [-0.15, -0.1) is 11.3 Å². The molecule has 1 aliphatic rings. The lowest BCUT2D eigenvalue weighted by Gasteiger charge is -2.09. The molecule has 0 unspecified atom stereocenters. The average Bonchev–Trinajstić information content (AvgIpc) is 3.03. The van der Waals surface area contributed by atoms with Gasteiger partial charge in [0.05, 0.1) is 23.3 Å². The molecule has 1 aliphatic carbocycles. The van der Waals surface area contributed by atoms with Gasteiger partial charge in [-0.1, -0.05) is 0 Å². The Morgan fingerprint density at radius 3 is 3.11 bits per heavy atom. The minimum atomic E-state index is 0.641. The summed E-state index contributed by atoms with van der Waals surface area (Å²) in [4.78, 5) is 10.0. The topological polar surface area (TPSA) is 61.6 Å². The maximum absolute atomic E-state index is 9.22. The fraction of sp³-hybridized carbons (Fsp3) is 0.357. The first kappa shape index (κ1) is 12.1. The highest BCUT2D eigenvalue weighted by Gasteiger charge is 2.16. The zero-order chi connectivity index (χ0) is 13.2. The van der Waals surface area contributed by atoms with Gasteiger partial charge in [0, 0.05) is 10.6 Å². The van der Waals surface area contributed by atoms with Crippen LogP contribution in [0.15, 0.2) is 11.6 Å². The second-order valence-electron chi connectivity index (χ2n) is 4.67. The number of nitriles is 1. The van der Waals surface area contributed by atoms with E-state index in [1.54, 1.807) is 11.3 Å². The van der Waals surface area contributed by atoms with Gasteiger partial charge in [-0.05, 0) is 37.8 Å². The standard InChI is InChI=1S/C14H14N4S/c1-9-13(19-8-17-9)7-16-14-11(6-15)5-10-3-2-4-12(10)18-14/h5,8H,2-4,7H2,1H3,(H,16,18). The van der Waals surface area contributed by atoms with Gasteiger partial charge < -0.3 is 5.32 Å². The molecular weight excluding hydrogens is 256 g/mol. The summed E-state index contributed by atoms with van der Waals surface area (Å²) < 4.78 is 0. The predicted octanol–water partition coefficient (Wildman–Crippen LogP) is 2.82. The van der Waals surface area contributed by atoms with E-state index in [1.807, 2.05) is 18.5 Å². The Kier molecular flexibility index (Phi) is 3.18. The molecule has 1 N–H and O–H groups in total. The molecule has 19 heavy (non-hydrogen) atoms. The first-order chi connectivity index (χ1) is 9.28. The quantitative estimate of drug-likeness (QED) is 0.931. The Balaban J connectivity index is 1.85. The molecule has 3 rings (SSSR count). The molecule has 0 spiro atoms. The van der Waals surface area contributed by atoms with Crippen molar-refractivity contribution < 1.29 is 0 Å². The lowest BCUT2D eigenvalue weighted by atomic mass is 10.1. The van der Waals surface area contributed by atoms with Gasteiger partial charge in [-0.2, -0.15) is 5.26 Å². The normalized spacial score (nSPS) is 13.1. The van der Waals surface area contributed by atoms with Crippen LogP contribution >= 0.6 is 11.3 Å². The number of hydrogen-bond donors (Lipinski definition) is 1. The van der Waals surface area contributed by atoms with Crippen LogP contribution in [0, 0.1) is 18.3 Å². The Hall–Kier alpha value is -1.93. The van der Waals surface area contributed by atoms with Crippen LogP contribution in [0.25, 0.3) is 0 Å². The molecule has 2 aromatic rings. The molecule has 0 aliphatic heterocycles. The van der Waals surface area contributed by atoms with Crippen LogP contribution in [0.2, 0.25) is 0 Å². The number of rotatable bonds is 3. The van der Waals surface area contributed by atoms with Crippen LogP contribution < -0.4 is 5.32 Å². The SMILES string of the molecule is Cc1ncsc1CNc1nc2c(cc1C#N)CCC2. The molecule has 2 aromatic heterocycles. The van der Waals surface area contributed by atoms with Gasteiger partial charge in [-0.25, -0.2) is 9.97 Å². The molecule has 5 heteroatoms. The molecule has 0 saturated carbocycles. The number of nitrogens with one attached hydrogen (secondary N) is 1.